The second-order valence-corrected chi connectivity index (χ2v) is 4.22. The molecule has 0 aliphatic carbocycles. The Morgan fingerprint density at radius 2 is 1.20 bits per heavy atom. The van der Waals surface area contributed by atoms with E-state index in [0.29, 0.717) is 0 Å². The summed E-state index contributed by atoms with van der Waals surface area (Å²) in [7, 11) is 0. The smallest absolute Gasteiger partial charge is 0.0465 e. The Bertz CT molecular complexity index is 591. The van der Waals surface area contributed by atoms with Gasteiger partial charge in [-0.1, -0.05) is 23.3 Å². The first-order valence-corrected chi connectivity index (χ1v) is 5.23. The zero-order valence-corrected chi connectivity index (χ0v) is 8.96. The normalized spacial score (nSPS) is 11.3. The Kier molecular flexibility index (Phi) is 1.63. The number of benzene rings is 2. The highest BCUT2D eigenvalue weighted by atomic mass is 14.7. The molecule has 3 aromatic rings. The number of aryl methyl sites for hydroxylation is 2. The maximum Gasteiger partial charge on any atom is 0.0465 e. The van der Waals surface area contributed by atoms with E-state index in [1.165, 1.54) is 32.9 Å². The lowest BCUT2D eigenvalue weighted by Gasteiger charge is -1.94. The Balaban J connectivity index is 2.55. The van der Waals surface area contributed by atoms with Crippen LogP contribution in [0.15, 0.2) is 36.4 Å². The Labute approximate surface area is 88.7 Å². The highest BCUT2D eigenvalue weighted by molar-refractivity contribution is 6.07. The van der Waals surface area contributed by atoms with Gasteiger partial charge in [-0.25, -0.2) is 0 Å². The van der Waals surface area contributed by atoms with Gasteiger partial charge in [0.2, 0.25) is 0 Å². The molecule has 0 saturated carbocycles. The predicted octanol–water partition coefficient (Wildman–Crippen LogP) is 3.94. The van der Waals surface area contributed by atoms with Crippen LogP contribution in [0, 0.1) is 13.8 Å². The number of rotatable bonds is 0. The summed E-state index contributed by atoms with van der Waals surface area (Å²) in [5, 5.41) is 2.66. The number of nitrogens with one attached hydrogen (secondary N) is 1. The largest absolute Gasteiger partial charge is 0.355 e. The van der Waals surface area contributed by atoms with Crippen molar-refractivity contribution < 1.29 is 0 Å². The lowest BCUT2D eigenvalue weighted by atomic mass is 10.1. The Hall–Kier alpha value is -1.76. The molecule has 1 N–H and O–H groups in total. The van der Waals surface area contributed by atoms with Crippen molar-refractivity contribution in [2.24, 2.45) is 0 Å². The molecule has 0 amide bonds. The van der Waals surface area contributed by atoms with Gasteiger partial charge in [-0.15, -0.1) is 0 Å². The van der Waals surface area contributed by atoms with Crippen LogP contribution in [-0.4, -0.2) is 4.98 Å². The van der Waals surface area contributed by atoms with E-state index in [2.05, 4.69) is 55.2 Å². The Morgan fingerprint density at radius 3 is 1.67 bits per heavy atom. The number of hydrogen-bond acceptors (Lipinski definition) is 0. The van der Waals surface area contributed by atoms with Gasteiger partial charge in [-0.2, -0.15) is 0 Å². The molecule has 0 bridgehead atoms. The maximum atomic E-state index is 3.43. The van der Waals surface area contributed by atoms with Gasteiger partial charge < -0.3 is 4.98 Å². The summed E-state index contributed by atoms with van der Waals surface area (Å²) in [6.07, 6.45) is 0. The molecular formula is C14H13N. The molecule has 1 aromatic heterocycles. The molecule has 1 nitrogen and oxygen atoms in total. The third-order valence-corrected chi connectivity index (χ3v) is 2.91. The van der Waals surface area contributed by atoms with Crippen LogP contribution in [0.4, 0.5) is 0 Å². The van der Waals surface area contributed by atoms with Crippen molar-refractivity contribution in [1.82, 2.24) is 4.98 Å². The van der Waals surface area contributed by atoms with Crippen LogP contribution in [0.3, 0.4) is 0 Å². The molecule has 2 aromatic carbocycles. The minimum absolute atomic E-state index is 1.22. The number of H-pyrrole nitrogens is 1. The van der Waals surface area contributed by atoms with Crippen molar-refractivity contribution in [2.75, 3.05) is 0 Å². The van der Waals surface area contributed by atoms with Crippen LogP contribution in [-0.2, 0) is 0 Å². The van der Waals surface area contributed by atoms with Crippen molar-refractivity contribution >= 4 is 21.8 Å². The van der Waals surface area contributed by atoms with Gasteiger partial charge in [0.25, 0.3) is 0 Å². The number of aromatic amines is 1. The highest BCUT2D eigenvalue weighted by Crippen LogP contribution is 2.26. The predicted molar refractivity (Wildman–Crippen MR) is 65.3 cm³/mol. The van der Waals surface area contributed by atoms with Crippen LogP contribution >= 0.6 is 0 Å². The first-order chi connectivity index (χ1) is 7.24. The van der Waals surface area contributed by atoms with E-state index in [-0.39, 0.29) is 0 Å². The molecule has 0 aliphatic rings. The van der Waals surface area contributed by atoms with Crippen molar-refractivity contribution in [1.29, 1.82) is 0 Å². The number of fused-ring (bicyclic) bond motifs is 3. The summed E-state index contributed by atoms with van der Waals surface area (Å²) in [6, 6.07) is 13.1. The van der Waals surface area contributed by atoms with Gasteiger partial charge in [-0.3, -0.25) is 0 Å². The van der Waals surface area contributed by atoms with E-state index < -0.39 is 0 Å². The summed E-state index contributed by atoms with van der Waals surface area (Å²) in [4.78, 5) is 3.43. The molecule has 0 fully saturated rings. The average Bonchev–Trinajstić information content (AvgIpc) is 2.56. The molecule has 0 atom stereocenters. The first kappa shape index (κ1) is 8.54. The van der Waals surface area contributed by atoms with E-state index in [0.717, 1.165) is 0 Å². The molecule has 74 valence electrons. The minimum atomic E-state index is 1.22. The molecule has 0 saturated heterocycles. The summed E-state index contributed by atoms with van der Waals surface area (Å²) < 4.78 is 0. The van der Waals surface area contributed by atoms with Crippen molar-refractivity contribution in [3.8, 4) is 0 Å². The first-order valence-electron chi connectivity index (χ1n) is 5.23. The fourth-order valence-electron chi connectivity index (χ4n) is 2.12. The van der Waals surface area contributed by atoms with Gasteiger partial charge in [-0.05, 0) is 38.1 Å². The summed E-state index contributed by atoms with van der Waals surface area (Å²) in [6.45, 7) is 4.27. The minimum Gasteiger partial charge on any atom is -0.355 e. The summed E-state index contributed by atoms with van der Waals surface area (Å²) in [5.41, 5.74) is 5.07. The van der Waals surface area contributed by atoms with Gasteiger partial charge in [0.15, 0.2) is 0 Å². The lowest BCUT2D eigenvalue weighted by molar-refractivity contribution is 1.48. The van der Waals surface area contributed by atoms with Crippen LogP contribution in [0.1, 0.15) is 11.1 Å². The van der Waals surface area contributed by atoms with Crippen LogP contribution < -0.4 is 0 Å². The van der Waals surface area contributed by atoms with E-state index in [4.69, 9.17) is 0 Å². The molecule has 15 heavy (non-hydrogen) atoms. The van der Waals surface area contributed by atoms with E-state index in [9.17, 15) is 0 Å². The monoisotopic (exact) mass is 195 g/mol. The molecule has 0 aliphatic heterocycles. The highest BCUT2D eigenvalue weighted by Gasteiger charge is 2.03. The quantitative estimate of drug-likeness (QED) is 0.559. The van der Waals surface area contributed by atoms with Gasteiger partial charge in [0, 0.05) is 21.8 Å². The van der Waals surface area contributed by atoms with E-state index >= 15 is 0 Å². The number of hydrogen-bond donors (Lipinski definition) is 1. The fourth-order valence-corrected chi connectivity index (χ4v) is 2.12. The second-order valence-electron chi connectivity index (χ2n) is 4.22. The molecule has 0 unspecified atom stereocenters. The molecule has 1 heteroatoms. The van der Waals surface area contributed by atoms with Gasteiger partial charge >= 0.3 is 0 Å². The van der Waals surface area contributed by atoms with E-state index in [1.54, 1.807) is 0 Å². The average molecular weight is 195 g/mol. The second kappa shape index (κ2) is 2.86. The Morgan fingerprint density at radius 1 is 0.733 bits per heavy atom. The van der Waals surface area contributed by atoms with Crippen molar-refractivity contribution in [2.45, 2.75) is 13.8 Å². The summed E-state index contributed by atoms with van der Waals surface area (Å²) in [5.74, 6) is 0. The van der Waals surface area contributed by atoms with Crippen LogP contribution in [0.2, 0.25) is 0 Å². The van der Waals surface area contributed by atoms with Gasteiger partial charge in [0.05, 0.1) is 0 Å². The summed E-state index contributed by atoms with van der Waals surface area (Å²) >= 11 is 0. The fraction of sp³-hybridized carbons (Fsp3) is 0.143. The lowest BCUT2D eigenvalue weighted by Crippen LogP contribution is -1.72. The molecule has 0 radical (unpaired) electrons. The molecule has 3 rings (SSSR count). The van der Waals surface area contributed by atoms with Gasteiger partial charge in [0.1, 0.15) is 0 Å². The SMILES string of the molecule is Cc1ccc2[nH]c3ccc(C)cc3c2c1. The maximum absolute atomic E-state index is 3.43. The van der Waals surface area contributed by atoms with Crippen molar-refractivity contribution in [3.63, 3.8) is 0 Å². The standard InChI is InChI=1S/C14H13N/c1-9-3-5-13-11(7-9)12-8-10(2)4-6-14(12)15-13/h3-8,15H,1-2H3. The zero-order valence-electron chi connectivity index (χ0n) is 8.96. The third-order valence-electron chi connectivity index (χ3n) is 2.91. The zero-order chi connectivity index (χ0) is 10.4. The van der Waals surface area contributed by atoms with E-state index in [1.807, 2.05) is 0 Å². The molecular weight excluding hydrogens is 182 g/mol. The number of aromatic nitrogens is 1. The van der Waals surface area contributed by atoms with Crippen LogP contribution in [0.25, 0.3) is 21.8 Å². The third kappa shape index (κ3) is 1.23. The molecule has 1 heterocycles. The van der Waals surface area contributed by atoms with Crippen molar-refractivity contribution in [3.05, 3.63) is 47.5 Å². The topological polar surface area (TPSA) is 15.8 Å². The molecule has 0 spiro atoms. The van der Waals surface area contributed by atoms with Crippen LogP contribution in [0.5, 0.6) is 0 Å².